The van der Waals surface area contributed by atoms with Crippen molar-refractivity contribution < 1.29 is 9.59 Å². The minimum atomic E-state index is -0.0836. The van der Waals surface area contributed by atoms with Crippen molar-refractivity contribution in [3.05, 3.63) is 48.0 Å². The van der Waals surface area contributed by atoms with Gasteiger partial charge in [-0.05, 0) is 18.6 Å². The van der Waals surface area contributed by atoms with E-state index in [1.165, 1.54) is 6.08 Å². The smallest absolute Gasteiger partial charge is 0.160 e. The van der Waals surface area contributed by atoms with E-state index in [1.807, 2.05) is 24.1 Å². The number of hydrogen-bond donors (Lipinski definition) is 0. The molecule has 2 heteroatoms. The highest BCUT2D eigenvalue weighted by atomic mass is 16.1. The molecule has 2 nitrogen and oxygen atoms in total. The van der Waals surface area contributed by atoms with Crippen LogP contribution in [0.5, 0.6) is 0 Å². The van der Waals surface area contributed by atoms with Crippen molar-refractivity contribution in [1.82, 2.24) is 0 Å². The lowest BCUT2D eigenvalue weighted by Crippen LogP contribution is -1.95. The average molecular weight is 200 g/mol. The second kappa shape index (κ2) is 5.74. The normalized spacial score (nSPS) is 9.93. The van der Waals surface area contributed by atoms with Crippen LogP contribution in [-0.4, -0.2) is 11.7 Å². The van der Waals surface area contributed by atoms with Crippen LogP contribution in [0.4, 0.5) is 0 Å². The monoisotopic (exact) mass is 200 g/mol. The van der Waals surface area contributed by atoms with Crippen LogP contribution in [0, 0.1) is 0 Å². The Bertz CT molecular complexity index is 409. The Kier molecular flexibility index (Phi) is 4.27. The van der Waals surface area contributed by atoms with E-state index in [0.29, 0.717) is 5.57 Å². The molecule has 1 aromatic rings. The van der Waals surface area contributed by atoms with Gasteiger partial charge in [0, 0.05) is 6.42 Å². The van der Waals surface area contributed by atoms with Crippen LogP contribution in [0.15, 0.2) is 42.5 Å². The van der Waals surface area contributed by atoms with E-state index in [9.17, 15) is 9.59 Å². The molecule has 0 spiro atoms. The number of ketones is 1. The number of benzene rings is 1. The van der Waals surface area contributed by atoms with Gasteiger partial charge in [-0.3, -0.25) is 4.79 Å². The lowest BCUT2D eigenvalue weighted by molar-refractivity contribution is -0.113. The zero-order valence-corrected chi connectivity index (χ0v) is 8.57. The first-order valence-corrected chi connectivity index (χ1v) is 4.73. The van der Waals surface area contributed by atoms with Crippen LogP contribution in [0.2, 0.25) is 0 Å². The zero-order chi connectivity index (χ0) is 11.1. The molecule has 0 N–H and O–H groups in total. The van der Waals surface area contributed by atoms with E-state index in [1.54, 1.807) is 25.1 Å². The van der Waals surface area contributed by atoms with Crippen molar-refractivity contribution >= 4 is 17.3 Å². The van der Waals surface area contributed by atoms with Crippen LogP contribution in [0.1, 0.15) is 18.9 Å². The second-order valence-corrected chi connectivity index (χ2v) is 3.09. The molecule has 0 fully saturated rings. The molecule has 0 aliphatic heterocycles. The van der Waals surface area contributed by atoms with E-state index >= 15 is 0 Å². The van der Waals surface area contributed by atoms with Crippen molar-refractivity contribution in [1.29, 1.82) is 0 Å². The molecule has 0 bridgehead atoms. The van der Waals surface area contributed by atoms with Crippen molar-refractivity contribution in [2.45, 2.75) is 13.3 Å². The van der Waals surface area contributed by atoms with Crippen LogP contribution in [0.25, 0.3) is 5.57 Å². The largest absolute Gasteiger partial charge is 0.294 e. The minimum absolute atomic E-state index is 0.0836. The summed E-state index contributed by atoms with van der Waals surface area (Å²) in [6.07, 6.45) is 3.23. The third kappa shape index (κ3) is 3.37. The zero-order valence-electron chi connectivity index (χ0n) is 8.57. The topological polar surface area (TPSA) is 34.1 Å². The van der Waals surface area contributed by atoms with Crippen molar-refractivity contribution in [2.24, 2.45) is 0 Å². The van der Waals surface area contributed by atoms with Gasteiger partial charge in [-0.15, -0.1) is 0 Å². The van der Waals surface area contributed by atoms with E-state index in [4.69, 9.17) is 0 Å². The molecule has 1 aromatic carbocycles. The van der Waals surface area contributed by atoms with Gasteiger partial charge in [0.25, 0.3) is 0 Å². The minimum Gasteiger partial charge on any atom is -0.294 e. The first-order chi connectivity index (χ1) is 7.27. The lowest BCUT2D eigenvalue weighted by Gasteiger charge is -1.99. The third-order valence-electron chi connectivity index (χ3n) is 1.95. The Balaban J connectivity index is 2.84. The number of allylic oxidation sites excluding steroid dienone is 3. The summed E-state index contributed by atoms with van der Waals surface area (Å²) in [5.41, 5.74) is 1.16. The maximum Gasteiger partial charge on any atom is 0.160 e. The predicted octanol–water partition coefficient (Wildman–Crippen LogP) is 2.44. The molecule has 0 amide bonds. The Morgan fingerprint density at radius 3 is 2.53 bits per heavy atom. The summed E-state index contributed by atoms with van der Waals surface area (Å²) in [4.78, 5) is 22.0. The Hall–Kier alpha value is -1.92. The number of hydrogen-bond acceptors (Lipinski definition) is 2. The summed E-state index contributed by atoms with van der Waals surface area (Å²) < 4.78 is 0. The number of carbonyl (C=O) groups is 1. The maximum absolute atomic E-state index is 11.3. The lowest BCUT2D eigenvalue weighted by atomic mass is 10.0. The third-order valence-corrected chi connectivity index (χ3v) is 1.95. The Morgan fingerprint density at radius 1 is 1.33 bits per heavy atom. The summed E-state index contributed by atoms with van der Waals surface area (Å²) >= 11 is 0. The van der Waals surface area contributed by atoms with Gasteiger partial charge in [-0.1, -0.05) is 36.4 Å². The highest BCUT2D eigenvalue weighted by molar-refractivity contribution is 6.03. The van der Waals surface area contributed by atoms with Gasteiger partial charge in [0.1, 0.15) is 5.94 Å². The van der Waals surface area contributed by atoms with Crippen LogP contribution in [-0.2, 0) is 9.59 Å². The summed E-state index contributed by atoms with van der Waals surface area (Å²) in [6, 6.07) is 9.10. The van der Waals surface area contributed by atoms with Crippen molar-refractivity contribution in [3.8, 4) is 0 Å². The first kappa shape index (κ1) is 11.2. The van der Waals surface area contributed by atoms with Gasteiger partial charge in [-0.25, -0.2) is 4.79 Å². The van der Waals surface area contributed by atoms with Gasteiger partial charge in [0.2, 0.25) is 0 Å². The molecule has 15 heavy (non-hydrogen) atoms. The molecular formula is C13H12O2. The molecule has 0 saturated heterocycles. The molecule has 1 rings (SSSR count). The van der Waals surface area contributed by atoms with E-state index < -0.39 is 0 Å². The van der Waals surface area contributed by atoms with E-state index in [0.717, 1.165) is 5.56 Å². The van der Waals surface area contributed by atoms with Crippen LogP contribution in [0.3, 0.4) is 0 Å². The van der Waals surface area contributed by atoms with Gasteiger partial charge < -0.3 is 0 Å². The van der Waals surface area contributed by atoms with Crippen LogP contribution >= 0.6 is 0 Å². The Morgan fingerprint density at radius 2 is 2.00 bits per heavy atom. The van der Waals surface area contributed by atoms with E-state index in [2.05, 4.69) is 0 Å². The summed E-state index contributed by atoms with van der Waals surface area (Å²) in [7, 11) is 0. The fourth-order valence-corrected chi connectivity index (χ4v) is 1.26. The Labute approximate surface area is 88.9 Å². The molecule has 0 aromatic heterocycles. The summed E-state index contributed by atoms with van der Waals surface area (Å²) in [5.74, 6) is 1.74. The van der Waals surface area contributed by atoms with Crippen LogP contribution < -0.4 is 0 Å². The highest BCUT2D eigenvalue weighted by Crippen LogP contribution is 2.14. The fraction of sp³-hybridized carbons (Fsp3) is 0.154. The molecule has 0 heterocycles. The highest BCUT2D eigenvalue weighted by Gasteiger charge is 2.06. The average Bonchev–Trinajstić information content (AvgIpc) is 2.27. The molecular weight excluding hydrogens is 188 g/mol. The number of carbonyl (C=O) groups excluding carboxylic acids is 2. The second-order valence-electron chi connectivity index (χ2n) is 3.09. The summed E-state index contributed by atoms with van der Waals surface area (Å²) in [5, 5.41) is 0. The molecule has 76 valence electrons. The first-order valence-electron chi connectivity index (χ1n) is 4.73. The predicted molar refractivity (Wildman–Crippen MR) is 60.0 cm³/mol. The molecule has 0 aliphatic rings. The molecule has 0 saturated carbocycles. The fourth-order valence-electron chi connectivity index (χ4n) is 1.26. The molecule has 0 radical (unpaired) electrons. The van der Waals surface area contributed by atoms with Crippen molar-refractivity contribution in [3.63, 3.8) is 0 Å². The maximum atomic E-state index is 11.3. The van der Waals surface area contributed by atoms with E-state index in [-0.39, 0.29) is 12.2 Å². The van der Waals surface area contributed by atoms with Gasteiger partial charge in [0.05, 0.1) is 5.57 Å². The van der Waals surface area contributed by atoms with Gasteiger partial charge in [0.15, 0.2) is 5.78 Å². The summed E-state index contributed by atoms with van der Waals surface area (Å²) in [6.45, 7) is 1.77. The van der Waals surface area contributed by atoms with Gasteiger partial charge >= 0.3 is 0 Å². The standard InChI is InChI=1S/C13H12O2/c1-2-6-13(15)9-12(10-14)11-7-4-3-5-8-11/h2-8H,9H2,1H3. The van der Waals surface area contributed by atoms with Gasteiger partial charge in [-0.2, -0.15) is 0 Å². The SMILES string of the molecule is CC=CC(=O)CC(=C=O)c1ccccc1. The molecule has 0 unspecified atom stereocenters. The number of rotatable bonds is 4. The molecule has 0 atom stereocenters. The van der Waals surface area contributed by atoms with Crippen molar-refractivity contribution in [2.75, 3.05) is 0 Å². The quantitative estimate of drug-likeness (QED) is 0.552. The molecule has 0 aliphatic carbocycles.